The maximum absolute atomic E-state index is 12.5. The Labute approximate surface area is 113 Å². The van der Waals surface area contributed by atoms with Gasteiger partial charge in [0.1, 0.15) is 0 Å². The Balaban J connectivity index is 2.27. The fourth-order valence-corrected chi connectivity index (χ4v) is 1.68. The first-order chi connectivity index (χ1) is 9.27. The SMILES string of the molecule is CC(C)CNC(=O)c1ccc2nc(C(F)(F)F)[nH]c2c1. The molecule has 0 radical (unpaired) electrons. The summed E-state index contributed by atoms with van der Waals surface area (Å²) in [5.41, 5.74) is 0.669. The molecular weight excluding hydrogens is 271 g/mol. The van der Waals surface area contributed by atoms with Crippen LogP contribution in [0.15, 0.2) is 18.2 Å². The van der Waals surface area contributed by atoms with E-state index >= 15 is 0 Å². The van der Waals surface area contributed by atoms with Crippen molar-refractivity contribution in [3.63, 3.8) is 0 Å². The Hall–Kier alpha value is -2.05. The van der Waals surface area contributed by atoms with E-state index in [9.17, 15) is 18.0 Å². The molecule has 1 aromatic carbocycles. The third-order valence-corrected chi connectivity index (χ3v) is 2.68. The molecule has 0 atom stereocenters. The van der Waals surface area contributed by atoms with E-state index in [1.807, 2.05) is 13.8 Å². The summed E-state index contributed by atoms with van der Waals surface area (Å²) in [6.45, 7) is 4.41. The van der Waals surface area contributed by atoms with Crippen LogP contribution in [0.2, 0.25) is 0 Å². The fraction of sp³-hybridized carbons (Fsp3) is 0.385. The number of aromatic amines is 1. The van der Waals surface area contributed by atoms with Crippen molar-refractivity contribution in [2.75, 3.05) is 6.54 Å². The van der Waals surface area contributed by atoms with Crippen LogP contribution in [0.25, 0.3) is 11.0 Å². The second-order valence-corrected chi connectivity index (χ2v) is 4.92. The molecule has 20 heavy (non-hydrogen) atoms. The van der Waals surface area contributed by atoms with Gasteiger partial charge in [-0.15, -0.1) is 0 Å². The molecule has 2 rings (SSSR count). The monoisotopic (exact) mass is 285 g/mol. The van der Waals surface area contributed by atoms with Crippen LogP contribution in [0.5, 0.6) is 0 Å². The smallest absolute Gasteiger partial charge is 0.352 e. The highest BCUT2D eigenvalue weighted by Gasteiger charge is 2.34. The lowest BCUT2D eigenvalue weighted by molar-refractivity contribution is -0.144. The van der Waals surface area contributed by atoms with Crippen molar-refractivity contribution in [1.29, 1.82) is 0 Å². The number of carbonyl (C=O) groups excluding carboxylic acids is 1. The minimum absolute atomic E-state index is 0.178. The first-order valence-corrected chi connectivity index (χ1v) is 6.12. The molecule has 0 unspecified atom stereocenters. The van der Waals surface area contributed by atoms with E-state index in [-0.39, 0.29) is 16.9 Å². The number of hydrogen-bond donors (Lipinski definition) is 2. The quantitative estimate of drug-likeness (QED) is 0.911. The van der Waals surface area contributed by atoms with Crippen LogP contribution in [0.4, 0.5) is 13.2 Å². The zero-order valence-electron chi connectivity index (χ0n) is 11.0. The first-order valence-electron chi connectivity index (χ1n) is 6.12. The number of halogens is 3. The number of fused-ring (bicyclic) bond motifs is 1. The molecular formula is C13H14F3N3O. The van der Waals surface area contributed by atoms with Crippen molar-refractivity contribution < 1.29 is 18.0 Å². The Morgan fingerprint density at radius 1 is 1.40 bits per heavy atom. The van der Waals surface area contributed by atoms with Gasteiger partial charge in [0.2, 0.25) is 5.82 Å². The Morgan fingerprint density at radius 2 is 2.10 bits per heavy atom. The largest absolute Gasteiger partial charge is 0.449 e. The summed E-state index contributed by atoms with van der Waals surface area (Å²) in [6, 6.07) is 4.22. The normalized spacial score (nSPS) is 12.1. The summed E-state index contributed by atoms with van der Waals surface area (Å²) in [5, 5.41) is 2.70. The van der Waals surface area contributed by atoms with Gasteiger partial charge in [-0.1, -0.05) is 13.8 Å². The number of nitrogens with zero attached hydrogens (tertiary/aromatic N) is 1. The molecule has 2 N–H and O–H groups in total. The van der Waals surface area contributed by atoms with E-state index in [0.29, 0.717) is 18.0 Å². The predicted molar refractivity (Wildman–Crippen MR) is 68.3 cm³/mol. The van der Waals surface area contributed by atoms with Crippen LogP contribution in [0.3, 0.4) is 0 Å². The molecule has 0 aliphatic heterocycles. The third kappa shape index (κ3) is 3.09. The van der Waals surface area contributed by atoms with Gasteiger partial charge >= 0.3 is 6.18 Å². The average molecular weight is 285 g/mol. The van der Waals surface area contributed by atoms with Crippen LogP contribution in [-0.2, 0) is 6.18 Å². The lowest BCUT2D eigenvalue weighted by atomic mass is 10.1. The van der Waals surface area contributed by atoms with Gasteiger partial charge in [0.05, 0.1) is 11.0 Å². The molecule has 0 fully saturated rings. The van der Waals surface area contributed by atoms with Crippen molar-refractivity contribution in [1.82, 2.24) is 15.3 Å². The van der Waals surface area contributed by atoms with Crippen LogP contribution in [-0.4, -0.2) is 22.4 Å². The van der Waals surface area contributed by atoms with E-state index in [1.165, 1.54) is 18.2 Å². The zero-order chi connectivity index (χ0) is 14.9. The Morgan fingerprint density at radius 3 is 2.70 bits per heavy atom. The van der Waals surface area contributed by atoms with Crippen molar-refractivity contribution in [3.05, 3.63) is 29.6 Å². The highest BCUT2D eigenvalue weighted by molar-refractivity contribution is 5.97. The van der Waals surface area contributed by atoms with Crippen LogP contribution in [0.1, 0.15) is 30.0 Å². The number of hydrogen-bond acceptors (Lipinski definition) is 2. The molecule has 0 aliphatic rings. The molecule has 0 spiro atoms. The first kappa shape index (κ1) is 14.4. The predicted octanol–water partition coefficient (Wildman–Crippen LogP) is 2.97. The fourth-order valence-electron chi connectivity index (χ4n) is 1.68. The summed E-state index contributed by atoms with van der Waals surface area (Å²) in [4.78, 5) is 17.5. The standard InChI is InChI=1S/C13H14F3N3O/c1-7(2)6-17-11(20)8-3-4-9-10(5-8)19-12(18-9)13(14,15)16/h3-5,7H,6H2,1-2H3,(H,17,20)(H,18,19). The van der Waals surface area contributed by atoms with Crippen LogP contribution < -0.4 is 5.32 Å². The van der Waals surface area contributed by atoms with Gasteiger partial charge in [0.15, 0.2) is 0 Å². The number of H-pyrrole nitrogens is 1. The minimum Gasteiger partial charge on any atom is -0.352 e. The van der Waals surface area contributed by atoms with Crippen molar-refractivity contribution >= 4 is 16.9 Å². The number of aromatic nitrogens is 2. The maximum atomic E-state index is 12.5. The van der Waals surface area contributed by atoms with Crippen molar-refractivity contribution in [3.8, 4) is 0 Å². The number of benzene rings is 1. The summed E-state index contributed by atoms with van der Waals surface area (Å²) < 4.78 is 37.6. The zero-order valence-corrected chi connectivity index (χ0v) is 11.0. The van der Waals surface area contributed by atoms with Crippen molar-refractivity contribution in [2.45, 2.75) is 20.0 Å². The van der Waals surface area contributed by atoms with E-state index in [0.717, 1.165) is 0 Å². The molecule has 2 aromatic rings. The van der Waals surface area contributed by atoms with E-state index in [2.05, 4.69) is 15.3 Å². The number of imidazole rings is 1. The topological polar surface area (TPSA) is 57.8 Å². The molecule has 108 valence electrons. The van der Waals surface area contributed by atoms with Gasteiger partial charge in [-0.3, -0.25) is 4.79 Å². The summed E-state index contributed by atoms with van der Waals surface area (Å²) in [5.74, 6) is -1.08. The molecule has 0 saturated carbocycles. The van der Waals surface area contributed by atoms with Crippen LogP contribution >= 0.6 is 0 Å². The number of carbonyl (C=O) groups is 1. The molecule has 4 nitrogen and oxygen atoms in total. The molecule has 7 heteroatoms. The Kier molecular flexibility index (Phi) is 3.69. The minimum atomic E-state index is -4.53. The highest BCUT2D eigenvalue weighted by Crippen LogP contribution is 2.28. The van der Waals surface area contributed by atoms with Crippen LogP contribution in [0, 0.1) is 5.92 Å². The number of amides is 1. The van der Waals surface area contributed by atoms with Gasteiger partial charge in [-0.05, 0) is 24.1 Å². The maximum Gasteiger partial charge on any atom is 0.449 e. The van der Waals surface area contributed by atoms with E-state index in [1.54, 1.807) is 0 Å². The van der Waals surface area contributed by atoms with Gasteiger partial charge in [-0.25, -0.2) is 4.98 Å². The summed E-state index contributed by atoms with van der Waals surface area (Å²) >= 11 is 0. The molecule has 1 amide bonds. The second-order valence-electron chi connectivity index (χ2n) is 4.92. The van der Waals surface area contributed by atoms with E-state index < -0.39 is 12.0 Å². The lowest BCUT2D eigenvalue weighted by Crippen LogP contribution is -2.27. The van der Waals surface area contributed by atoms with Gasteiger partial charge in [0.25, 0.3) is 5.91 Å². The Bertz CT molecular complexity index is 631. The molecule has 0 saturated heterocycles. The summed E-state index contributed by atoms with van der Waals surface area (Å²) in [7, 11) is 0. The third-order valence-electron chi connectivity index (χ3n) is 2.68. The van der Waals surface area contributed by atoms with Gasteiger partial charge in [-0.2, -0.15) is 13.2 Å². The van der Waals surface area contributed by atoms with Crippen molar-refractivity contribution in [2.24, 2.45) is 5.92 Å². The summed E-state index contributed by atoms with van der Waals surface area (Å²) in [6.07, 6.45) is -4.53. The highest BCUT2D eigenvalue weighted by atomic mass is 19.4. The number of alkyl halides is 3. The average Bonchev–Trinajstić information content (AvgIpc) is 2.78. The molecule has 1 heterocycles. The molecule has 0 bridgehead atoms. The molecule has 0 aliphatic carbocycles. The second kappa shape index (κ2) is 5.15. The lowest BCUT2D eigenvalue weighted by Gasteiger charge is -2.07. The van der Waals surface area contributed by atoms with Gasteiger partial charge < -0.3 is 10.3 Å². The number of nitrogens with one attached hydrogen (secondary N) is 2. The molecule has 1 aromatic heterocycles. The number of rotatable bonds is 3. The van der Waals surface area contributed by atoms with Gasteiger partial charge in [0, 0.05) is 12.1 Å². The van der Waals surface area contributed by atoms with E-state index in [4.69, 9.17) is 0 Å².